The van der Waals surface area contributed by atoms with E-state index in [-0.39, 0.29) is 5.41 Å². The Labute approximate surface area is 342 Å². The first-order chi connectivity index (χ1) is 26.2. The normalized spacial score (nSPS) is 16.2. The van der Waals surface area contributed by atoms with Gasteiger partial charge in [0.1, 0.15) is 0 Å². The highest BCUT2D eigenvalue weighted by molar-refractivity contribution is 7.27. The van der Waals surface area contributed by atoms with Gasteiger partial charge in [-0.05, 0) is 111 Å². The zero-order chi connectivity index (χ0) is 38.2. The minimum atomic E-state index is 0.0949. The third-order valence-corrected chi connectivity index (χ3v) is 16.8. The van der Waals surface area contributed by atoms with Crippen LogP contribution in [0.15, 0.2) is 24.3 Å². The van der Waals surface area contributed by atoms with Gasteiger partial charge < -0.3 is 0 Å². The highest BCUT2D eigenvalue weighted by Gasteiger charge is 2.47. The number of hydrogen-bond donors (Lipinski definition) is 0. The van der Waals surface area contributed by atoms with Gasteiger partial charge in [-0.15, -0.1) is 65.7 Å². The maximum Gasteiger partial charge on any atom is 0.213 e. The number of fused-ring (bicyclic) bond motifs is 3. The Morgan fingerprint density at radius 2 is 1.13 bits per heavy atom. The maximum atomic E-state index is 4.72. The highest BCUT2D eigenvalue weighted by Crippen LogP contribution is 2.62. The minimum absolute atomic E-state index is 0.0949. The van der Waals surface area contributed by atoms with Gasteiger partial charge in [0.25, 0.3) is 0 Å². The Morgan fingerprint density at radius 1 is 0.556 bits per heavy atom. The van der Waals surface area contributed by atoms with Crippen molar-refractivity contribution in [2.75, 3.05) is 0 Å². The van der Waals surface area contributed by atoms with E-state index in [1.54, 1.807) is 32.2 Å². The van der Waals surface area contributed by atoms with E-state index in [1.165, 1.54) is 127 Å². The van der Waals surface area contributed by atoms with Crippen molar-refractivity contribution in [3.8, 4) is 40.9 Å². The van der Waals surface area contributed by atoms with E-state index in [9.17, 15) is 0 Å². The van der Waals surface area contributed by atoms with Gasteiger partial charge in [0.05, 0.1) is 9.75 Å². The molecule has 0 N–H and O–H groups in total. The lowest BCUT2D eigenvalue weighted by atomic mass is 9.66. The van der Waals surface area contributed by atoms with E-state index in [1.807, 2.05) is 34.0 Å². The third kappa shape index (κ3) is 9.13. The molecule has 0 bridgehead atoms. The average Bonchev–Trinajstić information content (AvgIpc) is 4.00. The van der Waals surface area contributed by atoms with E-state index in [2.05, 4.69) is 89.9 Å². The maximum absolute atomic E-state index is 4.72. The zero-order valence-electron chi connectivity index (χ0n) is 34.4. The minimum Gasteiger partial charge on any atom is -0.139 e. The third-order valence-electron chi connectivity index (χ3n) is 12.0. The van der Waals surface area contributed by atoms with Crippen LogP contribution in [0.2, 0.25) is 0 Å². The molecule has 3 atom stereocenters. The van der Waals surface area contributed by atoms with Crippen LogP contribution in [0.3, 0.4) is 0 Å². The number of thiophene rings is 4. The van der Waals surface area contributed by atoms with Crippen LogP contribution in [0.5, 0.6) is 0 Å². The molecule has 4 nitrogen and oxygen atoms in total. The average molecular weight is 801 g/mol. The lowest BCUT2D eigenvalue weighted by Crippen LogP contribution is -2.30. The molecule has 5 heterocycles. The quantitative estimate of drug-likeness (QED) is 0.0654. The fraction of sp³-hybridized carbons (Fsp3) is 0.609. The number of aromatic nitrogens is 4. The Kier molecular flexibility index (Phi) is 14.8. The summed E-state index contributed by atoms with van der Waals surface area (Å²) in [5.41, 5.74) is 6.20. The van der Waals surface area contributed by atoms with Gasteiger partial charge in [0.2, 0.25) is 11.6 Å². The second kappa shape index (κ2) is 19.3. The molecule has 5 aromatic heterocycles. The van der Waals surface area contributed by atoms with E-state index in [0.717, 1.165) is 28.5 Å². The lowest BCUT2D eigenvalue weighted by molar-refractivity contribution is 0.284. The fourth-order valence-electron chi connectivity index (χ4n) is 8.63. The zero-order valence-corrected chi connectivity index (χ0v) is 37.7. The summed E-state index contributed by atoms with van der Waals surface area (Å²) in [6, 6.07) is 9.84. The molecule has 0 saturated carbocycles. The second-order valence-corrected chi connectivity index (χ2v) is 20.8. The SMILES string of the molecule is CCCCCCc1cc(-c2nnc(-c3cc(CCCCCC)c(-c4cc5c(s4)-c4sc(C)cc4C5(CC(C)CC)CC(CC)CCCC)s3)nn2)sc1C. The number of hydrogen-bond acceptors (Lipinski definition) is 8. The summed E-state index contributed by atoms with van der Waals surface area (Å²) < 4.78 is 0. The van der Waals surface area contributed by atoms with E-state index in [4.69, 9.17) is 10.2 Å². The molecule has 3 unspecified atom stereocenters. The molecule has 0 aromatic carbocycles. The second-order valence-electron chi connectivity index (χ2n) is 16.2. The van der Waals surface area contributed by atoms with Gasteiger partial charge in [-0.1, -0.05) is 112 Å². The summed E-state index contributed by atoms with van der Waals surface area (Å²) in [5.74, 6) is 2.71. The van der Waals surface area contributed by atoms with Crippen LogP contribution in [-0.2, 0) is 18.3 Å². The lowest BCUT2D eigenvalue weighted by Gasteiger charge is -2.37. The van der Waals surface area contributed by atoms with Crippen molar-refractivity contribution in [1.82, 2.24) is 20.4 Å². The van der Waals surface area contributed by atoms with Crippen LogP contribution in [0.25, 0.3) is 40.9 Å². The first-order valence-electron chi connectivity index (χ1n) is 21.3. The molecule has 0 fully saturated rings. The topological polar surface area (TPSA) is 51.6 Å². The van der Waals surface area contributed by atoms with Crippen LogP contribution < -0.4 is 0 Å². The molecule has 0 amide bonds. The predicted octanol–water partition coefficient (Wildman–Crippen LogP) is 15.7. The molecule has 6 rings (SSSR count). The Hall–Kier alpha value is -2.26. The van der Waals surface area contributed by atoms with Crippen LogP contribution >= 0.6 is 45.3 Å². The Balaban J connectivity index is 1.36. The molecule has 8 heteroatoms. The molecule has 1 aliphatic rings. The van der Waals surface area contributed by atoms with Crippen LogP contribution in [0.4, 0.5) is 0 Å². The van der Waals surface area contributed by atoms with Gasteiger partial charge in [0, 0.05) is 34.7 Å². The van der Waals surface area contributed by atoms with Crippen molar-refractivity contribution < 1.29 is 0 Å². The number of nitrogens with zero attached hydrogens (tertiary/aromatic N) is 4. The molecular weight excluding hydrogens is 737 g/mol. The summed E-state index contributed by atoms with van der Waals surface area (Å²) in [7, 11) is 0. The summed E-state index contributed by atoms with van der Waals surface area (Å²) in [5, 5.41) is 18.8. The monoisotopic (exact) mass is 800 g/mol. The summed E-state index contributed by atoms with van der Waals surface area (Å²) in [4.78, 5) is 10.9. The van der Waals surface area contributed by atoms with E-state index < -0.39 is 0 Å². The predicted molar refractivity (Wildman–Crippen MR) is 239 cm³/mol. The first kappa shape index (κ1) is 41.4. The van der Waals surface area contributed by atoms with Crippen molar-refractivity contribution in [3.05, 3.63) is 56.3 Å². The van der Waals surface area contributed by atoms with Crippen LogP contribution in [0.1, 0.15) is 170 Å². The van der Waals surface area contributed by atoms with Crippen molar-refractivity contribution in [3.63, 3.8) is 0 Å². The molecule has 0 radical (unpaired) electrons. The summed E-state index contributed by atoms with van der Waals surface area (Å²) in [6.45, 7) is 18.7. The molecule has 1 aliphatic carbocycles. The summed E-state index contributed by atoms with van der Waals surface area (Å²) in [6.07, 6.45) is 21.2. The van der Waals surface area contributed by atoms with Gasteiger partial charge in [-0.2, -0.15) is 0 Å². The Morgan fingerprint density at radius 3 is 1.76 bits per heavy atom. The molecule has 5 aromatic rings. The van der Waals surface area contributed by atoms with E-state index in [0.29, 0.717) is 17.6 Å². The van der Waals surface area contributed by atoms with Gasteiger partial charge in [-0.3, -0.25) is 0 Å². The standard InChI is InChI=1S/C46H64N4S4/c1-9-14-17-19-22-34-25-39(52-32(34)8)44-47-49-45(50-48-44)40-26-35(23-20-18-15-10-2)41(54-40)38-27-37-43(53-38)42-36(24-31(7)51-42)46(37,28-30(6)12-4)29-33(13-5)21-16-11-3/h24-27,30,33H,9-23,28-29H2,1-8H3. The molecule has 0 saturated heterocycles. The van der Waals surface area contributed by atoms with Crippen molar-refractivity contribution in [2.45, 2.75) is 170 Å². The van der Waals surface area contributed by atoms with Gasteiger partial charge in [0.15, 0.2) is 0 Å². The van der Waals surface area contributed by atoms with E-state index >= 15 is 0 Å². The summed E-state index contributed by atoms with van der Waals surface area (Å²) >= 11 is 7.70. The van der Waals surface area contributed by atoms with Crippen LogP contribution in [-0.4, -0.2) is 20.4 Å². The fourth-order valence-corrected chi connectivity index (χ4v) is 13.4. The number of rotatable bonds is 22. The molecule has 0 aliphatic heterocycles. The molecular formula is C46H64N4S4. The van der Waals surface area contributed by atoms with Crippen molar-refractivity contribution in [2.24, 2.45) is 11.8 Å². The smallest absolute Gasteiger partial charge is 0.139 e. The molecule has 292 valence electrons. The van der Waals surface area contributed by atoms with Crippen molar-refractivity contribution >= 4 is 45.3 Å². The number of aryl methyl sites for hydroxylation is 4. The first-order valence-corrected chi connectivity index (χ1v) is 24.6. The highest BCUT2D eigenvalue weighted by atomic mass is 32.1. The van der Waals surface area contributed by atoms with Gasteiger partial charge in [-0.25, -0.2) is 0 Å². The van der Waals surface area contributed by atoms with Gasteiger partial charge >= 0.3 is 0 Å². The molecule has 0 spiro atoms. The number of unbranched alkanes of at least 4 members (excludes halogenated alkanes) is 7. The molecule has 54 heavy (non-hydrogen) atoms. The van der Waals surface area contributed by atoms with Crippen molar-refractivity contribution in [1.29, 1.82) is 0 Å². The largest absolute Gasteiger partial charge is 0.213 e. The Bertz CT molecular complexity index is 1930. The van der Waals surface area contributed by atoms with Crippen LogP contribution in [0, 0.1) is 25.7 Å².